The van der Waals surface area contributed by atoms with Gasteiger partial charge in [0.1, 0.15) is 5.75 Å². The number of esters is 1. The first-order valence-corrected chi connectivity index (χ1v) is 5.19. The Bertz CT molecular complexity index is 365. The van der Waals surface area contributed by atoms with Gasteiger partial charge in [-0.15, -0.1) is 0 Å². The van der Waals surface area contributed by atoms with E-state index in [1.165, 1.54) is 0 Å². The molecule has 0 aliphatic carbocycles. The highest BCUT2D eigenvalue weighted by atomic mass is 16.6. The molecule has 1 rings (SSSR count). The lowest BCUT2D eigenvalue weighted by Crippen LogP contribution is -2.14. The van der Waals surface area contributed by atoms with Crippen LogP contribution in [0.2, 0.25) is 0 Å². The molecule has 16 heavy (non-hydrogen) atoms. The zero-order chi connectivity index (χ0) is 12.1. The first-order valence-electron chi connectivity index (χ1n) is 5.19. The summed E-state index contributed by atoms with van der Waals surface area (Å²) in [4.78, 5) is 11.1. The minimum Gasteiger partial charge on any atom is -0.482 e. The van der Waals surface area contributed by atoms with Gasteiger partial charge in [-0.3, -0.25) is 0 Å². The Kier molecular flexibility index (Phi) is 4.17. The van der Waals surface area contributed by atoms with Crippen LogP contribution >= 0.6 is 0 Å². The van der Waals surface area contributed by atoms with Gasteiger partial charge in [0.15, 0.2) is 6.61 Å². The number of nitrogen functional groups attached to an aromatic ring is 1. The van der Waals surface area contributed by atoms with Crippen LogP contribution in [-0.4, -0.2) is 19.2 Å². The van der Waals surface area contributed by atoms with E-state index in [1.807, 2.05) is 26.0 Å². The number of ether oxygens (including phenoxy) is 2. The Balaban J connectivity index is 2.65. The van der Waals surface area contributed by atoms with Crippen molar-refractivity contribution in [1.29, 1.82) is 0 Å². The molecule has 2 N–H and O–H groups in total. The topological polar surface area (TPSA) is 61.5 Å². The molecule has 0 unspecified atom stereocenters. The summed E-state index contributed by atoms with van der Waals surface area (Å²) in [5.41, 5.74) is 8.45. The van der Waals surface area contributed by atoms with Crippen molar-refractivity contribution in [2.45, 2.75) is 20.8 Å². The van der Waals surface area contributed by atoms with Gasteiger partial charge in [-0.2, -0.15) is 0 Å². The molecule has 88 valence electrons. The quantitative estimate of drug-likeness (QED) is 0.624. The van der Waals surface area contributed by atoms with Crippen LogP contribution in [0.1, 0.15) is 18.1 Å². The van der Waals surface area contributed by atoms with E-state index in [2.05, 4.69) is 0 Å². The fourth-order valence-corrected chi connectivity index (χ4v) is 1.36. The molecule has 0 atom stereocenters. The van der Waals surface area contributed by atoms with E-state index in [1.54, 1.807) is 6.92 Å². The Morgan fingerprint density at radius 2 is 1.88 bits per heavy atom. The molecule has 0 heterocycles. The van der Waals surface area contributed by atoms with E-state index >= 15 is 0 Å². The van der Waals surface area contributed by atoms with Crippen molar-refractivity contribution in [2.75, 3.05) is 18.9 Å². The molecule has 4 heteroatoms. The van der Waals surface area contributed by atoms with Gasteiger partial charge >= 0.3 is 5.97 Å². The lowest BCUT2D eigenvalue weighted by Gasteiger charge is -2.10. The Labute approximate surface area is 95.3 Å². The first-order chi connectivity index (χ1) is 7.54. The van der Waals surface area contributed by atoms with Crippen LogP contribution < -0.4 is 10.5 Å². The standard InChI is InChI=1S/C12H17NO3/c1-4-15-11(14)7-16-10-5-8(2)12(13)9(3)6-10/h5-6H,4,7,13H2,1-3H3. The van der Waals surface area contributed by atoms with Crippen LogP contribution in [0.5, 0.6) is 5.75 Å². The molecule has 1 aromatic carbocycles. The fraction of sp³-hybridized carbons (Fsp3) is 0.417. The van der Waals surface area contributed by atoms with Crippen molar-refractivity contribution >= 4 is 11.7 Å². The highest BCUT2D eigenvalue weighted by molar-refractivity contribution is 5.71. The van der Waals surface area contributed by atoms with Crippen molar-refractivity contribution in [1.82, 2.24) is 0 Å². The monoisotopic (exact) mass is 223 g/mol. The maximum absolute atomic E-state index is 11.1. The molecule has 0 fully saturated rings. The lowest BCUT2D eigenvalue weighted by atomic mass is 10.1. The molecule has 0 aromatic heterocycles. The summed E-state index contributed by atoms with van der Waals surface area (Å²) in [6, 6.07) is 3.61. The summed E-state index contributed by atoms with van der Waals surface area (Å²) < 4.78 is 10.1. The van der Waals surface area contributed by atoms with E-state index in [4.69, 9.17) is 15.2 Å². The van der Waals surface area contributed by atoms with E-state index in [9.17, 15) is 4.79 Å². The molecule has 0 amide bonds. The van der Waals surface area contributed by atoms with Gasteiger partial charge in [-0.25, -0.2) is 4.79 Å². The number of anilines is 1. The molecule has 0 aliphatic rings. The van der Waals surface area contributed by atoms with Crippen LogP contribution in [0.3, 0.4) is 0 Å². The second-order valence-corrected chi connectivity index (χ2v) is 3.56. The highest BCUT2D eigenvalue weighted by Gasteiger charge is 2.06. The van der Waals surface area contributed by atoms with Crippen molar-refractivity contribution in [2.24, 2.45) is 0 Å². The number of aryl methyl sites for hydroxylation is 2. The Morgan fingerprint density at radius 3 is 2.38 bits per heavy atom. The number of carbonyl (C=O) groups excluding carboxylic acids is 1. The maximum Gasteiger partial charge on any atom is 0.344 e. The molecular formula is C12H17NO3. The molecule has 4 nitrogen and oxygen atoms in total. The van der Waals surface area contributed by atoms with Crippen LogP contribution in [-0.2, 0) is 9.53 Å². The first kappa shape index (κ1) is 12.4. The van der Waals surface area contributed by atoms with Gasteiger partial charge in [-0.1, -0.05) is 0 Å². The van der Waals surface area contributed by atoms with Crippen LogP contribution in [0.15, 0.2) is 12.1 Å². The molecular weight excluding hydrogens is 206 g/mol. The summed E-state index contributed by atoms with van der Waals surface area (Å²) in [5, 5.41) is 0. The third kappa shape index (κ3) is 3.15. The molecule has 0 saturated heterocycles. The van der Waals surface area contributed by atoms with Gasteiger partial charge < -0.3 is 15.2 Å². The smallest absolute Gasteiger partial charge is 0.344 e. The predicted octanol–water partition coefficient (Wildman–Crippen LogP) is 1.83. The molecule has 0 spiro atoms. The summed E-state index contributed by atoms with van der Waals surface area (Å²) >= 11 is 0. The molecule has 0 bridgehead atoms. The second-order valence-electron chi connectivity index (χ2n) is 3.56. The van der Waals surface area contributed by atoms with Crippen molar-refractivity contribution in [3.8, 4) is 5.75 Å². The normalized spacial score (nSPS) is 9.94. The van der Waals surface area contributed by atoms with Gasteiger partial charge in [0.25, 0.3) is 0 Å². The summed E-state index contributed by atoms with van der Waals surface area (Å²) in [5.74, 6) is 0.270. The number of benzene rings is 1. The van der Waals surface area contributed by atoms with Gasteiger partial charge in [0, 0.05) is 5.69 Å². The molecule has 0 aliphatic heterocycles. The maximum atomic E-state index is 11.1. The van der Waals surface area contributed by atoms with Gasteiger partial charge in [-0.05, 0) is 44.0 Å². The fourth-order valence-electron chi connectivity index (χ4n) is 1.36. The van der Waals surface area contributed by atoms with Gasteiger partial charge in [0.2, 0.25) is 0 Å². The highest BCUT2D eigenvalue weighted by Crippen LogP contribution is 2.23. The van der Waals surface area contributed by atoms with Crippen LogP contribution in [0.25, 0.3) is 0 Å². The zero-order valence-corrected chi connectivity index (χ0v) is 9.87. The SMILES string of the molecule is CCOC(=O)COc1cc(C)c(N)c(C)c1. The van der Waals surface area contributed by atoms with Gasteiger partial charge in [0.05, 0.1) is 6.61 Å². The van der Waals surface area contributed by atoms with E-state index in [0.29, 0.717) is 12.4 Å². The summed E-state index contributed by atoms with van der Waals surface area (Å²) in [6.45, 7) is 5.85. The minimum atomic E-state index is -0.366. The van der Waals surface area contributed by atoms with Crippen molar-refractivity contribution in [3.63, 3.8) is 0 Å². The van der Waals surface area contributed by atoms with Crippen LogP contribution in [0.4, 0.5) is 5.69 Å². The number of nitrogens with two attached hydrogens (primary N) is 1. The average molecular weight is 223 g/mol. The number of hydrogen-bond acceptors (Lipinski definition) is 4. The molecule has 0 radical (unpaired) electrons. The lowest BCUT2D eigenvalue weighted by molar-refractivity contribution is -0.145. The number of rotatable bonds is 4. The van der Waals surface area contributed by atoms with Crippen LogP contribution in [0, 0.1) is 13.8 Å². The molecule has 1 aromatic rings. The third-order valence-corrected chi connectivity index (χ3v) is 2.23. The number of carbonyl (C=O) groups is 1. The van der Waals surface area contributed by atoms with Crippen molar-refractivity contribution < 1.29 is 14.3 Å². The largest absolute Gasteiger partial charge is 0.482 e. The predicted molar refractivity (Wildman–Crippen MR) is 62.5 cm³/mol. The second kappa shape index (κ2) is 5.39. The van der Waals surface area contributed by atoms with E-state index in [-0.39, 0.29) is 12.6 Å². The summed E-state index contributed by atoms with van der Waals surface area (Å²) in [7, 11) is 0. The third-order valence-electron chi connectivity index (χ3n) is 2.23. The Hall–Kier alpha value is -1.71. The zero-order valence-electron chi connectivity index (χ0n) is 9.87. The molecule has 0 saturated carbocycles. The average Bonchev–Trinajstić information content (AvgIpc) is 2.23. The van der Waals surface area contributed by atoms with Crippen molar-refractivity contribution in [3.05, 3.63) is 23.3 Å². The summed E-state index contributed by atoms with van der Waals surface area (Å²) in [6.07, 6.45) is 0. The number of hydrogen-bond donors (Lipinski definition) is 1. The Morgan fingerprint density at radius 1 is 1.31 bits per heavy atom. The van der Waals surface area contributed by atoms with E-state index < -0.39 is 0 Å². The van der Waals surface area contributed by atoms with E-state index in [0.717, 1.165) is 16.8 Å². The minimum absolute atomic E-state index is 0.0728.